The summed E-state index contributed by atoms with van der Waals surface area (Å²) in [5.74, 6) is -6.64. The summed E-state index contributed by atoms with van der Waals surface area (Å²) >= 11 is 0. The molecule has 0 radical (unpaired) electrons. The van der Waals surface area contributed by atoms with Gasteiger partial charge in [-0.2, -0.15) is 19.0 Å². The Balaban J connectivity index is 0.801. The van der Waals surface area contributed by atoms with Crippen LogP contribution in [0.3, 0.4) is 0 Å². The zero-order valence-electron chi connectivity index (χ0n) is 38.1. The van der Waals surface area contributed by atoms with E-state index in [0.29, 0.717) is 77.7 Å². The van der Waals surface area contributed by atoms with Crippen molar-refractivity contribution >= 4 is 67.7 Å². The number of carbonyl (C=O) groups is 5. The number of amides is 5. The number of hydrogen-bond donors (Lipinski definition) is 4. The number of nitrogens with zero attached hydrogens (tertiary/aromatic N) is 7. The number of nitrogens with two attached hydrogens (primary N) is 1. The van der Waals surface area contributed by atoms with E-state index < -0.39 is 57.4 Å². The molecule has 0 bridgehead atoms. The molecule has 1 unspecified atom stereocenters. The van der Waals surface area contributed by atoms with Gasteiger partial charge in [-0.25, -0.2) is 17.8 Å². The number of pyridine rings is 1. The molecule has 1 aliphatic carbocycles. The first-order chi connectivity index (χ1) is 33.9. The van der Waals surface area contributed by atoms with Gasteiger partial charge in [-0.05, 0) is 81.0 Å². The average Bonchev–Trinajstić information content (AvgIpc) is 4.03. The first-order valence-electron chi connectivity index (χ1n) is 22.9. The normalized spacial score (nSPS) is 20.0. The molecule has 5 amide bonds. The third kappa shape index (κ3) is 8.67. The Morgan fingerprint density at radius 1 is 0.930 bits per heavy atom. The first kappa shape index (κ1) is 46.9. The number of alkyl halides is 2. The second kappa shape index (κ2) is 18.2. The van der Waals surface area contributed by atoms with E-state index in [1.165, 1.54) is 48.5 Å². The molecule has 5 N–H and O–H groups in total. The van der Waals surface area contributed by atoms with Crippen molar-refractivity contribution in [2.45, 2.75) is 75.4 Å². The van der Waals surface area contributed by atoms with Gasteiger partial charge in [0, 0.05) is 73.3 Å². The van der Waals surface area contributed by atoms with E-state index in [1.807, 2.05) is 20.5 Å². The van der Waals surface area contributed by atoms with Crippen molar-refractivity contribution in [3.8, 4) is 28.1 Å². The Morgan fingerprint density at radius 3 is 2.39 bits per heavy atom. The fourth-order valence-corrected chi connectivity index (χ4v) is 10.4. The number of ether oxygens (including phenoxy) is 1. The quantitative estimate of drug-likeness (QED) is 0.100. The highest BCUT2D eigenvalue weighted by molar-refractivity contribution is 7.93. The summed E-state index contributed by atoms with van der Waals surface area (Å²) in [6.07, 6.45) is 6.90. The van der Waals surface area contributed by atoms with Crippen molar-refractivity contribution < 1.29 is 50.3 Å². The Morgan fingerprint density at radius 2 is 1.68 bits per heavy atom. The van der Waals surface area contributed by atoms with Gasteiger partial charge in [-0.1, -0.05) is 24.3 Å². The molecule has 10 rings (SSSR count). The fourth-order valence-electron chi connectivity index (χ4n) is 9.87. The van der Waals surface area contributed by atoms with Crippen LogP contribution in [-0.2, 0) is 31.5 Å². The minimum Gasteiger partial charge on any atom is -0.484 e. The summed E-state index contributed by atoms with van der Waals surface area (Å²) < 4.78 is 76.7. The smallest absolute Gasteiger partial charge is 0.355 e. The van der Waals surface area contributed by atoms with Crippen molar-refractivity contribution in [3.05, 3.63) is 102 Å². The Hall–Kier alpha value is -7.82. The number of nitrogens with one attached hydrogen (secondary N) is 3. The van der Waals surface area contributed by atoms with Gasteiger partial charge in [0.15, 0.2) is 0 Å². The number of carbonyl (C=O) groups excluding carboxylic acids is 5. The molecule has 368 valence electrons. The van der Waals surface area contributed by atoms with Crippen molar-refractivity contribution in [1.29, 1.82) is 0 Å². The number of fused-ring (bicyclic) bond motifs is 2. The van der Waals surface area contributed by atoms with Gasteiger partial charge in [-0.15, -0.1) is 0 Å². The van der Waals surface area contributed by atoms with Gasteiger partial charge in [0.1, 0.15) is 35.2 Å². The second-order valence-electron chi connectivity index (χ2n) is 18.1. The van der Waals surface area contributed by atoms with Gasteiger partial charge >= 0.3 is 5.76 Å². The Kier molecular flexibility index (Phi) is 12.0. The van der Waals surface area contributed by atoms with Crippen LogP contribution in [0.2, 0.25) is 0 Å². The molecule has 3 aromatic heterocycles. The number of nitrogen functional groups attached to an aromatic ring is 1. The largest absolute Gasteiger partial charge is 0.484 e. The number of aryl methyl sites for hydroxylation is 1. The minimum absolute atomic E-state index is 0.0140. The molecule has 3 fully saturated rings. The lowest BCUT2D eigenvalue weighted by molar-refractivity contribution is -0.140. The van der Waals surface area contributed by atoms with Crippen molar-refractivity contribution in [1.82, 2.24) is 39.7 Å². The van der Waals surface area contributed by atoms with E-state index in [0.717, 1.165) is 10.5 Å². The van der Waals surface area contributed by atoms with Crippen LogP contribution in [0.15, 0.2) is 79.3 Å². The van der Waals surface area contributed by atoms with E-state index in [-0.39, 0.29) is 65.1 Å². The lowest BCUT2D eigenvalue weighted by atomic mass is 9.78. The minimum atomic E-state index is -5.09. The number of imide groups is 2. The SMILES string of the molecule is C[C@H](Oc1cc(-c2nn(C)c3c(-c4cnn(C5CCN(C(=O)[C@H]6C[C@H](Nc7cccc8c7C(=O)N(C7CCC(=O)NC7=O)C8=O)C6)CC5)c4)cnc(N)c23)ccc1NS(=O)(=O)C(F)F)c1ccc(F)cc1. The highest BCUT2D eigenvalue weighted by Crippen LogP contribution is 2.42. The first-order valence-corrected chi connectivity index (χ1v) is 24.4. The number of sulfonamides is 1. The molecular weight excluding hydrogens is 948 g/mol. The zero-order valence-corrected chi connectivity index (χ0v) is 39.0. The molecule has 23 heteroatoms. The lowest BCUT2D eigenvalue weighted by Gasteiger charge is -2.40. The van der Waals surface area contributed by atoms with Crippen LogP contribution in [-0.4, -0.2) is 103 Å². The molecule has 6 aromatic rings. The number of hydrogen-bond acceptors (Lipinski definition) is 13. The second-order valence-corrected chi connectivity index (χ2v) is 19.8. The molecule has 3 aromatic carbocycles. The summed E-state index contributed by atoms with van der Waals surface area (Å²) in [7, 11) is -3.36. The van der Waals surface area contributed by atoms with Crippen LogP contribution in [0.25, 0.3) is 33.3 Å². The molecular formula is C48H46F3N11O8S. The Bertz CT molecular complexity index is 3280. The van der Waals surface area contributed by atoms with E-state index in [2.05, 4.69) is 15.6 Å². The number of piperidine rings is 2. The zero-order chi connectivity index (χ0) is 50.0. The van der Waals surface area contributed by atoms with Crippen LogP contribution in [0.4, 0.5) is 30.4 Å². The molecule has 3 aliphatic heterocycles. The number of anilines is 3. The topological polar surface area (TPSA) is 246 Å². The summed E-state index contributed by atoms with van der Waals surface area (Å²) in [5, 5.41) is 15.5. The molecule has 1 saturated carbocycles. The van der Waals surface area contributed by atoms with Crippen LogP contribution in [0.5, 0.6) is 5.75 Å². The fraction of sp³-hybridized carbons (Fsp3) is 0.333. The van der Waals surface area contributed by atoms with Gasteiger partial charge < -0.3 is 20.7 Å². The molecule has 2 saturated heterocycles. The Labute approximate surface area is 403 Å². The van der Waals surface area contributed by atoms with Crippen molar-refractivity contribution in [2.24, 2.45) is 13.0 Å². The molecule has 4 aliphatic rings. The number of benzene rings is 3. The van der Waals surface area contributed by atoms with Gasteiger partial charge in [0.25, 0.3) is 21.8 Å². The monoisotopic (exact) mass is 993 g/mol. The van der Waals surface area contributed by atoms with Crippen LogP contribution in [0.1, 0.15) is 83.9 Å². The van der Waals surface area contributed by atoms with E-state index >= 15 is 0 Å². The number of likely N-dealkylation sites (tertiary alicyclic amines) is 1. The van der Waals surface area contributed by atoms with Crippen molar-refractivity contribution in [3.63, 3.8) is 0 Å². The molecule has 71 heavy (non-hydrogen) atoms. The lowest BCUT2D eigenvalue weighted by Crippen LogP contribution is -2.54. The number of rotatable bonds is 13. The van der Waals surface area contributed by atoms with Crippen LogP contribution in [0, 0.1) is 11.7 Å². The molecule has 19 nitrogen and oxygen atoms in total. The van der Waals surface area contributed by atoms with Gasteiger partial charge in [0.05, 0.1) is 40.0 Å². The van der Waals surface area contributed by atoms with Crippen LogP contribution >= 0.6 is 0 Å². The predicted molar refractivity (Wildman–Crippen MR) is 252 cm³/mol. The summed E-state index contributed by atoms with van der Waals surface area (Å²) in [6, 6.07) is 13.4. The third-order valence-electron chi connectivity index (χ3n) is 13.7. The highest BCUT2D eigenvalue weighted by Gasteiger charge is 2.46. The van der Waals surface area contributed by atoms with Crippen molar-refractivity contribution in [2.75, 3.05) is 28.9 Å². The van der Waals surface area contributed by atoms with Gasteiger partial charge in [0.2, 0.25) is 17.7 Å². The number of halogens is 3. The summed E-state index contributed by atoms with van der Waals surface area (Å²) in [6.45, 7) is 2.67. The maximum Gasteiger partial charge on any atom is 0.355 e. The number of aromatic nitrogens is 5. The molecule has 2 atom stereocenters. The predicted octanol–water partition coefficient (Wildman–Crippen LogP) is 5.78. The van der Waals surface area contributed by atoms with E-state index in [4.69, 9.17) is 20.7 Å². The standard InChI is InChI=1S/C48H46F3N11O8S/c1-24(25-6-9-29(49)10-7-25)70-37-20-26(8-11-34(37)58-71(68,69)48(50)51)41-40-42(59(2)57-41)33(22-53-43(40)52)28-21-54-61(23-28)31-14-16-60(17-15-31)45(65)27-18-30(19-27)55-35-5-3-4-32-39(35)47(67)62(46(32)66)36-12-13-38(63)56-44(36)64/h3-11,20-24,27,30-31,36,48,55,58H,12-19H2,1-2H3,(H2,52,53)(H,56,63,64)/t24-,27-,30-,36?/m0/s1. The maximum absolute atomic E-state index is 13.7. The molecule has 6 heterocycles. The highest BCUT2D eigenvalue weighted by atomic mass is 32.2. The summed E-state index contributed by atoms with van der Waals surface area (Å²) in [5.41, 5.74) is 10.3. The maximum atomic E-state index is 13.7. The summed E-state index contributed by atoms with van der Waals surface area (Å²) in [4.78, 5) is 72.1. The third-order valence-corrected chi connectivity index (χ3v) is 14.6. The van der Waals surface area contributed by atoms with Gasteiger partial charge in [-0.3, -0.25) is 48.3 Å². The van der Waals surface area contributed by atoms with E-state index in [1.54, 1.807) is 43.2 Å². The molecule has 0 spiro atoms. The van der Waals surface area contributed by atoms with Crippen LogP contribution < -0.4 is 25.8 Å². The van der Waals surface area contributed by atoms with E-state index in [9.17, 15) is 45.6 Å². The average molecular weight is 994 g/mol.